The molecule has 4 nitrogen and oxygen atoms in total. The molecule has 0 radical (unpaired) electrons. The summed E-state index contributed by atoms with van der Waals surface area (Å²) in [5, 5.41) is 1.75. The van der Waals surface area contributed by atoms with E-state index >= 15 is 0 Å². The van der Waals surface area contributed by atoms with Crippen molar-refractivity contribution >= 4 is 34.7 Å². The standard InChI is InChI=1S/C14H14N4S2/c1-19-13-11-12(16-14(17-13)20-2)15-9-18(11)8-10-6-4-3-5-7-10/h3-7,9H,8H2,1-2H3. The Kier molecular flexibility index (Phi) is 3.93. The van der Waals surface area contributed by atoms with E-state index in [1.807, 2.05) is 37.0 Å². The molecule has 0 spiro atoms. The van der Waals surface area contributed by atoms with Gasteiger partial charge in [-0.25, -0.2) is 15.0 Å². The topological polar surface area (TPSA) is 43.6 Å². The van der Waals surface area contributed by atoms with Gasteiger partial charge in [0, 0.05) is 6.54 Å². The van der Waals surface area contributed by atoms with Crippen LogP contribution in [0.1, 0.15) is 5.56 Å². The van der Waals surface area contributed by atoms with E-state index < -0.39 is 0 Å². The minimum absolute atomic E-state index is 0.768. The second-order valence-electron chi connectivity index (χ2n) is 4.25. The smallest absolute Gasteiger partial charge is 0.190 e. The average molecular weight is 302 g/mol. The van der Waals surface area contributed by atoms with Crippen LogP contribution >= 0.6 is 23.5 Å². The van der Waals surface area contributed by atoms with Crippen molar-refractivity contribution in [2.24, 2.45) is 0 Å². The highest BCUT2D eigenvalue weighted by Gasteiger charge is 2.12. The van der Waals surface area contributed by atoms with Crippen LogP contribution in [0.15, 0.2) is 46.8 Å². The lowest BCUT2D eigenvalue weighted by Crippen LogP contribution is -2.00. The molecule has 0 N–H and O–H groups in total. The fourth-order valence-corrected chi connectivity index (χ4v) is 3.06. The Morgan fingerprint density at radius 1 is 1.05 bits per heavy atom. The number of nitrogens with zero attached hydrogens (tertiary/aromatic N) is 4. The summed E-state index contributed by atoms with van der Waals surface area (Å²) in [6.07, 6.45) is 5.86. The molecular formula is C14H14N4S2. The van der Waals surface area contributed by atoms with Crippen molar-refractivity contribution in [1.29, 1.82) is 0 Å². The molecule has 20 heavy (non-hydrogen) atoms. The van der Waals surface area contributed by atoms with Crippen molar-refractivity contribution in [3.8, 4) is 0 Å². The van der Waals surface area contributed by atoms with E-state index in [0.29, 0.717) is 0 Å². The third kappa shape index (κ3) is 2.53. The van der Waals surface area contributed by atoms with E-state index in [1.165, 1.54) is 5.56 Å². The fourth-order valence-electron chi connectivity index (χ4n) is 2.06. The van der Waals surface area contributed by atoms with Gasteiger partial charge in [-0.2, -0.15) is 0 Å². The molecule has 0 bridgehead atoms. The van der Waals surface area contributed by atoms with Crippen LogP contribution in [0.2, 0.25) is 0 Å². The zero-order chi connectivity index (χ0) is 13.9. The Bertz CT molecular complexity index is 725. The molecule has 2 heterocycles. The van der Waals surface area contributed by atoms with Gasteiger partial charge >= 0.3 is 0 Å². The molecule has 0 saturated carbocycles. The van der Waals surface area contributed by atoms with Gasteiger partial charge < -0.3 is 4.57 Å². The molecule has 0 fully saturated rings. The van der Waals surface area contributed by atoms with Crippen molar-refractivity contribution in [2.75, 3.05) is 12.5 Å². The third-order valence-electron chi connectivity index (χ3n) is 2.99. The monoisotopic (exact) mass is 302 g/mol. The van der Waals surface area contributed by atoms with Gasteiger partial charge in [0.25, 0.3) is 0 Å². The second-order valence-corrected chi connectivity index (χ2v) is 5.82. The quantitative estimate of drug-likeness (QED) is 0.420. The molecule has 3 aromatic rings. The molecule has 3 rings (SSSR count). The van der Waals surface area contributed by atoms with Gasteiger partial charge in [-0.15, -0.1) is 11.8 Å². The van der Waals surface area contributed by atoms with Crippen molar-refractivity contribution in [3.63, 3.8) is 0 Å². The van der Waals surface area contributed by atoms with Crippen molar-refractivity contribution in [3.05, 3.63) is 42.2 Å². The number of rotatable bonds is 4. The number of benzene rings is 1. The molecule has 102 valence electrons. The molecule has 0 aliphatic heterocycles. The summed E-state index contributed by atoms with van der Waals surface area (Å²) in [4.78, 5) is 13.5. The number of thioether (sulfide) groups is 2. The van der Waals surface area contributed by atoms with Crippen LogP contribution in [0.4, 0.5) is 0 Å². The van der Waals surface area contributed by atoms with E-state index in [0.717, 1.165) is 27.9 Å². The van der Waals surface area contributed by atoms with Crippen LogP contribution in [-0.4, -0.2) is 32.0 Å². The molecular weight excluding hydrogens is 288 g/mol. The Labute approximate surface area is 126 Å². The molecule has 0 saturated heterocycles. The molecule has 0 amide bonds. The Morgan fingerprint density at radius 3 is 2.55 bits per heavy atom. The zero-order valence-corrected chi connectivity index (χ0v) is 12.9. The summed E-state index contributed by atoms with van der Waals surface area (Å²) >= 11 is 3.17. The Hall–Kier alpha value is -1.53. The molecule has 0 aliphatic carbocycles. The van der Waals surface area contributed by atoms with Gasteiger partial charge in [0.1, 0.15) is 10.5 Å². The fraction of sp³-hybridized carbons (Fsp3) is 0.214. The van der Waals surface area contributed by atoms with Crippen LogP contribution in [-0.2, 0) is 6.54 Å². The number of imidazole rings is 1. The molecule has 0 unspecified atom stereocenters. The minimum Gasteiger partial charge on any atom is -0.322 e. The molecule has 0 aliphatic rings. The number of aromatic nitrogens is 4. The van der Waals surface area contributed by atoms with E-state index in [-0.39, 0.29) is 0 Å². The van der Waals surface area contributed by atoms with Crippen LogP contribution in [0.25, 0.3) is 11.2 Å². The van der Waals surface area contributed by atoms with Crippen molar-refractivity contribution in [2.45, 2.75) is 16.7 Å². The predicted molar refractivity (Wildman–Crippen MR) is 84.4 cm³/mol. The van der Waals surface area contributed by atoms with Crippen molar-refractivity contribution < 1.29 is 0 Å². The van der Waals surface area contributed by atoms with Crippen LogP contribution in [0, 0.1) is 0 Å². The summed E-state index contributed by atoms with van der Waals surface area (Å²) in [5.74, 6) is 0. The summed E-state index contributed by atoms with van der Waals surface area (Å²) < 4.78 is 2.11. The molecule has 6 heteroatoms. The number of hydrogen-bond acceptors (Lipinski definition) is 5. The maximum absolute atomic E-state index is 4.57. The summed E-state index contributed by atoms with van der Waals surface area (Å²) in [7, 11) is 0. The first-order valence-corrected chi connectivity index (χ1v) is 8.61. The second kappa shape index (κ2) is 5.85. The lowest BCUT2D eigenvalue weighted by molar-refractivity contribution is 0.806. The average Bonchev–Trinajstić information content (AvgIpc) is 2.90. The van der Waals surface area contributed by atoms with Crippen LogP contribution < -0.4 is 0 Å². The first-order chi connectivity index (χ1) is 9.81. The van der Waals surface area contributed by atoms with Gasteiger partial charge in [-0.1, -0.05) is 42.1 Å². The molecule has 1 aromatic carbocycles. The highest BCUT2D eigenvalue weighted by Crippen LogP contribution is 2.26. The van der Waals surface area contributed by atoms with E-state index in [4.69, 9.17) is 0 Å². The van der Waals surface area contributed by atoms with Gasteiger partial charge in [-0.3, -0.25) is 0 Å². The van der Waals surface area contributed by atoms with Gasteiger partial charge in [0.2, 0.25) is 0 Å². The minimum atomic E-state index is 0.768. The Morgan fingerprint density at radius 2 is 1.85 bits per heavy atom. The maximum Gasteiger partial charge on any atom is 0.190 e. The van der Waals surface area contributed by atoms with E-state index in [9.17, 15) is 0 Å². The SMILES string of the molecule is CSc1nc(SC)c2c(ncn2Cc2ccccc2)n1. The Balaban J connectivity index is 2.08. The van der Waals surface area contributed by atoms with Crippen LogP contribution in [0.5, 0.6) is 0 Å². The maximum atomic E-state index is 4.57. The highest BCUT2D eigenvalue weighted by atomic mass is 32.2. The van der Waals surface area contributed by atoms with Gasteiger partial charge in [0.15, 0.2) is 10.8 Å². The third-order valence-corrected chi connectivity index (χ3v) is 4.21. The molecule has 0 atom stereocenters. The normalized spacial score (nSPS) is 11.1. The van der Waals surface area contributed by atoms with E-state index in [1.54, 1.807) is 23.5 Å². The van der Waals surface area contributed by atoms with Gasteiger partial charge in [-0.05, 0) is 18.1 Å². The van der Waals surface area contributed by atoms with Crippen LogP contribution in [0.3, 0.4) is 0 Å². The summed E-state index contributed by atoms with van der Waals surface area (Å²) in [6, 6.07) is 10.3. The first-order valence-electron chi connectivity index (χ1n) is 6.16. The van der Waals surface area contributed by atoms with Gasteiger partial charge in [0.05, 0.1) is 6.33 Å². The van der Waals surface area contributed by atoms with E-state index in [2.05, 4.69) is 31.7 Å². The largest absolute Gasteiger partial charge is 0.322 e. The number of fused-ring (bicyclic) bond motifs is 1. The lowest BCUT2D eigenvalue weighted by atomic mass is 10.2. The summed E-state index contributed by atoms with van der Waals surface area (Å²) in [5.41, 5.74) is 3.02. The highest BCUT2D eigenvalue weighted by molar-refractivity contribution is 7.99. The zero-order valence-electron chi connectivity index (χ0n) is 11.3. The molecule has 2 aromatic heterocycles. The predicted octanol–water partition coefficient (Wildman–Crippen LogP) is 3.32. The number of hydrogen-bond donors (Lipinski definition) is 0. The van der Waals surface area contributed by atoms with Crippen molar-refractivity contribution in [1.82, 2.24) is 19.5 Å². The lowest BCUT2D eigenvalue weighted by Gasteiger charge is -2.07. The summed E-state index contributed by atoms with van der Waals surface area (Å²) in [6.45, 7) is 0.785. The first kappa shape index (κ1) is 13.5.